The lowest BCUT2D eigenvalue weighted by atomic mass is 9.97. The van der Waals surface area contributed by atoms with Crippen LogP contribution in [0.5, 0.6) is 0 Å². The van der Waals surface area contributed by atoms with Gasteiger partial charge in [0.1, 0.15) is 42.7 Å². The molecule has 2 saturated heterocycles. The molecule has 0 bridgehead atoms. The minimum absolute atomic E-state index is 0.0308. The van der Waals surface area contributed by atoms with Gasteiger partial charge in [0.25, 0.3) is 0 Å². The lowest BCUT2D eigenvalue weighted by Gasteiger charge is -2.48. The van der Waals surface area contributed by atoms with Gasteiger partial charge in [-0.3, -0.25) is 0 Å². The number of hydrogen-bond donors (Lipinski definition) is 1. The quantitative estimate of drug-likeness (QED) is 0.0942. The van der Waals surface area contributed by atoms with Gasteiger partial charge in [0, 0.05) is 7.11 Å². The lowest BCUT2D eigenvalue weighted by Crippen LogP contribution is -2.64. The summed E-state index contributed by atoms with van der Waals surface area (Å²) in [5, 5.41) is 11.5. The molecule has 0 aromatic heterocycles. The zero-order chi connectivity index (χ0) is 39.1. The zero-order valence-corrected chi connectivity index (χ0v) is 32.2. The van der Waals surface area contributed by atoms with Crippen molar-refractivity contribution in [1.82, 2.24) is 0 Å². The van der Waals surface area contributed by atoms with E-state index in [0.29, 0.717) is 13.2 Å². The van der Waals surface area contributed by atoms with Crippen LogP contribution in [0.1, 0.15) is 27.8 Å². The molecule has 1 N–H and O–H groups in total. The largest absolute Gasteiger partial charge is 0.388 e. The van der Waals surface area contributed by atoms with Crippen LogP contribution in [0.3, 0.4) is 0 Å². The first-order valence-corrected chi connectivity index (χ1v) is 19.5. The molecule has 10 heteroatoms. The molecular formula is C47H52O10. The number of ether oxygens (including phenoxy) is 9. The van der Waals surface area contributed by atoms with Gasteiger partial charge in [-0.25, -0.2) is 0 Å². The second-order valence-electron chi connectivity index (χ2n) is 14.2. The molecule has 2 heterocycles. The van der Waals surface area contributed by atoms with Crippen LogP contribution in [0.25, 0.3) is 0 Å². The molecule has 5 aromatic carbocycles. The van der Waals surface area contributed by atoms with Gasteiger partial charge in [-0.2, -0.15) is 0 Å². The van der Waals surface area contributed by atoms with E-state index in [-0.39, 0.29) is 33.0 Å². The van der Waals surface area contributed by atoms with Crippen molar-refractivity contribution in [3.8, 4) is 0 Å². The van der Waals surface area contributed by atoms with E-state index in [2.05, 4.69) is 0 Å². The summed E-state index contributed by atoms with van der Waals surface area (Å²) in [6.45, 7) is 1.56. The number of methoxy groups -OCH3 is 1. The highest BCUT2D eigenvalue weighted by atomic mass is 16.8. The summed E-state index contributed by atoms with van der Waals surface area (Å²) in [6, 6.07) is 49.6. The van der Waals surface area contributed by atoms with E-state index in [0.717, 1.165) is 27.8 Å². The highest BCUT2D eigenvalue weighted by Gasteiger charge is 2.52. The van der Waals surface area contributed by atoms with Gasteiger partial charge in [0.05, 0.1) is 46.2 Å². The smallest absolute Gasteiger partial charge is 0.187 e. The topological polar surface area (TPSA) is 103 Å². The molecule has 0 amide bonds. The normalized spacial score (nSPS) is 26.2. The van der Waals surface area contributed by atoms with Gasteiger partial charge in [0.2, 0.25) is 0 Å². The molecule has 300 valence electrons. The molecule has 9 atom stereocenters. The van der Waals surface area contributed by atoms with E-state index in [4.69, 9.17) is 42.6 Å². The van der Waals surface area contributed by atoms with Crippen LogP contribution in [0.4, 0.5) is 0 Å². The third-order valence-corrected chi connectivity index (χ3v) is 10.1. The zero-order valence-electron chi connectivity index (χ0n) is 32.2. The predicted molar refractivity (Wildman–Crippen MR) is 212 cm³/mol. The Labute approximate surface area is 335 Å². The average Bonchev–Trinajstić information content (AvgIpc) is 3.26. The van der Waals surface area contributed by atoms with Crippen LogP contribution in [0.15, 0.2) is 152 Å². The van der Waals surface area contributed by atoms with E-state index in [1.807, 2.05) is 152 Å². The molecule has 0 saturated carbocycles. The van der Waals surface area contributed by atoms with Crippen LogP contribution >= 0.6 is 0 Å². The van der Waals surface area contributed by atoms with Gasteiger partial charge in [-0.1, -0.05) is 152 Å². The Morgan fingerprint density at radius 2 is 0.860 bits per heavy atom. The maximum atomic E-state index is 11.5. The SMILES string of the molecule is CO[C@@H]1OC[C@@H](O)C(O[C@@H]2OC(COCc3ccccc3)[C@H](OCc3ccccc3)C(OCc3ccccc3)[C@@H]2OCc2ccccc2)[C@@H]1OCc1ccccc1. The third kappa shape index (κ3) is 11.6. The van der Waals surface area contributed by atoms with Crippen molar-refractivity contribution in [3.05, 3.63) is 179 Å². The fourth-order valence-corrected chi connectivity index (χ4v) is 7.08. The monoisotopic (exact) mass is 776 g/mol. The van der Waals surface area contributed by atoms with Gasteiger partial charge in [-0.05, 0) is 27.8 Å². The van der Waals surface area contributed by atoms with Gasteiger partial charge < -0.3 is 47.7 Å². The lowest BCUT2D eigenvalue weighted by molar-refractivity contribution is -0.365. The van der Waals surface area contributed by atoms with E-state index < -0.39 is 55.3 Å². The van der Waals surface area contributed by atoms with Crippen molar-refractivity contribution in [2.24, 2.45) is 0 Å². The predicted octanol–water partition coefficient (Wildman–Crippen LogP) is 7.02. The van der Waals surface area contributed by atoms with Gasteiger partial charge in [-0.15, -0.1) is 0 Å². The standard InChI is InChI=1S/C47H52O10/c1-49-46-44(53-30-37-23-13-5-14-24-37)41(39(48)32-55-46)57-47-45(54-31-38-25-15-6-16-26-38)43(52-29-36-21-11-4-12-22-36)42(51-28-35-19-9-3-10-20-35)40(56-47)33-50-27-34-17-7-2-8-18-34/h2-26,39-48H,27-33H2,1H3/t39-,40?,41?,42+,43?,44+,45+,46-,47+/m1/s1. The Morgan fingerprint density at radius 1 is 0.474 bits per heavy atom. The Morgan fingerprint density at radius 3 is 1.30 bits per heavy atom. The van der Waals surface area contributed by atoms with E-state index in [9.17, 15) is 5.11 Å². The Kier molecular flexibility index (Phi) is 15.4. The number of aliphatic hydroxyl groups is 1. The van der Waals surface area contributed by atoms with Crippen molar-refractivity contribution in [3.63, 3.8) is 0 Å². The Bertz CT molecular complexity index is 1840. The third-order valence-electron chi connectivity index (χ3n) is 10.1. The molecule has 57 heavy (non-hydrogen) atoms. The van der Waals surface area contributed by atoms with Crippen LogP contribution in [0, 0.1) is 0 Å². The molecule has 3 unspecified atom stereocenters. The minimum atomic E-state index is -1.07. The number of aliphatic hydroxyl groups excluding tert-OH is 1. The molecule has 2 fully saturated rings. The summed E-state index contributed by atoms with van der Waals surface area (Å²) in [6.07, 6.45) is -7.55. The minimum Gasteiger partial charge on any atom is -0.388 e. The molecule has 5 aromatic rings. The molecule has 0 spiro atoms. The molecule has 0 aliphatic carbocycles. The molecule has 2 aliphatic rings. The molecule has 7 rings (SSSR count). The molecule has 2 aliphatic heterocycles. The molecule has 0 radical (unpaired) electrons. The van der Waals surface area contributed by atoms with Crippen molar-refractivity contribution in [1.29, 1.82) is 0 Å². The first-order chi connectivity index (χ1) is 28.1. The van der Waals surface area contributed by atoms with Crippen molar-refractivity contribution in [2.45, 2.75) is 88.3 Å². The van der Waals surface area contributed by atoms with E-state index in [1.54, 1.807) is 7.11 Å². The number of hydrogen-bond acceptors (Lipinski definition) is 10. The van der Waals surface area contributed by atoms with E-state index in [1.165, 1.54) is 0 Å². The second-order valence-corrected chi connectivity index (χ2v) is 14.2. The van der Waals surface area contributed by atoms with Crippen LogP contribution < -0.4 is 0 Å². The maximum Gasteiger partial charge on any atom is 0.187 e. The van der Waals surface area contributed by atoms with E-state index >= 15 is 0 Å². The summed E-state index contributed by atoms with van der Waals surface area (Å²) >= 11 is 0. The van der Waals surface area contributed by atoms with Crippen LogP contribution in [-0.4, -0.2) is 80.7 Å². The maximum absolute atomic E-state index is 11.5. The summed E-state index contributed by atoms with van der Waals surface area (Å²) in [4.78, 5) is 0. The van der Waals surface area contributed by atoms with Crippen LogP contribution in [0.2, 0.25) is 0 Å². The van der Waals surface area contributed by atoms with Crippen molar-refractivity contribution in [2.75, 3.05) is 20.3 Å². The second kappa shape index (κ2) is 21.5. The first kappa shape index (κ1) is 40.9. The molecular weight excluding hydrogens is 725 g/mol. The van der Waals surface area contributed by atoms with Crippen molar-refractivity contribution >= 4 is 0 Å². The summed E-state index contributed by atoms with van der Waals surface area (Å²) in [7, 11) is 1.55. The highest BCUT2D eigenvalue weighted by molar-refractivity contribution is 5.17. The fourth-order valence-electron chi connectivity index (χ4n) is 7.08. The summed E-state index contributed by atoms with van der Waals surface area (Å²) in [5.41, 5.74) is 4.92. The van der Waals surface area contributed by atoms with Crippen molar-refractivity contribution < 1.29 is 47.7 Å². The summed E-state index contributed by atoms with van der Waals surface area (Å²) in [5.74, 6) is 0. The number of benzene rings is 5. The Hall–Kier alpha value is -4.30. The number of rotatable bonds is 19. The van der Waals surface area contributed by atoms with Gasteiger partial charge in [0.15, 0.2) is 12.6 Å². The average molecular weight is 777 g/mol. The summed E-state index contributed by atoms with van der Waals surface area (Å²) < 4.78 is 58.7. The van der Waals surface area contributed by atoms with Gasteiger partial charge >= 0.3 is 0 Å². The fraction of sp³-hybridized carbons (Fsp3) is 0.362. The highest BCUT2D eigenvalue weighted by Crippen LogP contribution is 2.34. The Balaban J connectivity index is 1.22. The van der Waals surface area contributed by atoms with Crippen LogP contribution in [-0.2, 0) is 75.7 Å². The molecule has 10 nitrogen and oxygen atoms in total. The first-order valence-electron chi connectivity index (χ1n) is 19.5.